The average Bonchev–Trinajstić information content (AvgIpc) is 1.65. The molecule has 0 bridgehead atoms. The van der Waals surface area contributed by atoms with Crippen LogP contribution in [0.15, 0.2) is 76.3 Å². The maximum atomic E-state index is 5.74. The van der Waals surface area contributed by atoms with E-state index in [0.29, 0.717) is 76.9 Å². The van der Waals surface area contributed by atoms with Crippen LogP contribution in [0.3, 0.4) is 0 Å². The van der Waals surface area contributed by atoms with Crippen molar-refractivity contribution in [2.24, 2.45) is 0 Å². The van der Waals surface area contributed by atoms with E-state index in [1.165, 1.54) is 78.2 Å². The monoisotopic (exact) mass is 1430 g/mol. The largest absolute Gasteiger partial charge is 0.493 e. The van der Waals surface area contributed by atoms with E-state index in [1.54, 1.807) is 24.7 Å². The Morgan fingerprint density at radius 2 is 0.856 bits per heavy atom. The maximum Gasteiger partial charge on any atom is 0.239 e. The first kappa shape index (κ1) is 83.2. The van der Waals surface area contributed by atoms with Crippen molar-refractivity contribution in [3.05, 3.63) is 169 Å². The smallest absolute Gasteiger partial charge is 0.239 e. The summed E-state index contributed by atoms with van der Waals surface area (Å²) in [7, 11) is 1.61. The molecule has 0 unspecified atom stereocenters. The fraction of sp³-hybridized carbons (Fsp3) is 0.552. The number of fused-ring (bicyclic) bond motifs is 6. The van der Waals surface area contributed by atoms with E-state index in [1.807, 2.05) is 70.3 Å². The third-order valence-corrected chi connectivity index (χ3v) is 19.7. The normalized spacial score (nSPS) is 12.8. The summed E-state index contributed by atoms with van der Waals surface area (Å²) in [6.07, 6.45) is 22.9. The summed E-state index contributed by atoms with van der Waals surface area (Å²) in [5.41, 5.74) is 26.8. The number of rotatable bonds is 15. The van der Waals surface area contributed by atoms with Crippen LogP contribution >= 0.6 is 11.3 Å². The third-order valence-electron chi connectivity index (χ3n) is 18.8. The summed E-state index contributed by atoms with van der Waals surface area (Å²) in [5.74, 6) is 9.74. The first-order valence-electron chi connectivity index (χ1n) is 38.3. The van der Waals surface area contributed by atoms with Gasteiger partial charge in [0, 0.05) is 106 Å². The molecule has 0 fully saturated rings. The van der Waals surface area contributed by atoms with Gasteiger partial charge in [0.15, 0.2) is 17.8 Å². The number of thiazole rings is 1. The van der Waals surface area contributed by atoms with Crippen molar-refractivity contribution in [2.45, 2.75) is 296 Å². The molecule has 0 amide bonds. The van der Waals surface area contributed by atoms with E-state index in [-0.39, 0.29) is 11.8 Å². The molecule has 10 aromatic rings. The molecule has 0 atom stereocenters. The van der Waals surface area contributed by atoms with Gasteiger partial charge in [-0.25, -0.2) is 9.97 Å². The molecule has 0 radical (unpaired) electrons. The molecule has 10 aromatic heterocycles. The number of hydrogen-bond donors (Lipinski definition) is 0. The minimum absolute atomic E-state index is 0.276. The van der Waals surface area contributed by atoms with E-state index in [4.69, 9.17) is 23.0 Å². The Morgan fingerprint density at radius 3 is 1.40 bits per heavy atom. The quantitative estimate of drug-likeness (QED) is 0.0939. The topological polar surface area (TPSA) is 196 Å². The lowest BCUT2D eigenvalue weighted by atomic mass is 9.93. The summed E-state index contributed by atoms with van der Waals surface area (Å²) < 4.78 is 28.9. The predicted molar refractivity (Wildman–Crippen MR) is 431 cm³/mol. The zero-order chi connectivity index (χ0) is 76.7. The van der Waals surface area contributed by atoms with Crippen LogP contribution in [0, 0.1) is 0 Å². The van der Waals surface area contributed by atoms with Crippen molar-refractivity contribution in [1.82, 2.24) is 55.1 Å². The van der Waals surface area contributed by atoms with Crippen LogP contribution in [0.25, 0.3) is 38.4 Å². The number of nitrogens with zero attached hydrogens (tertiary/aromatic N) is 11. The highest BCUT2D eigenvalue weighted by Crippen LogP contribution is 2.41. The highest BCUT2D eigenvalue weighted by atomic mass is 32.1. The van der Waals surface area contributed by atoms with Gasteiger partial charge >= 0.3 is 0 Å². The van der Waals surface area contributed by atoms with Crippen molar-refractivity contribution in [3.8, 4) is 17.4 Å². The SMILES string of the molecule is CC(C)c1cnc(C(C)C)c2c1CC=C2.CC(C)c1cnc(C(C)C)c2c1CCO2.CC(C)c1cnc(C(C)C)c2c1OCC2.CC(C)c1cnc(C(C)C)c2ocnc12.CC(C)c1cnc(C(C)C)c2scnc12.CC(C)c1ncc(C(C)C)c2occc12.COc1nc(C(C)C)nnc1C(C)C. The van der Waals surface area contributed by atoms with Gasteiger partial charge in [-0.3, -0.25) is 29.9 Å². The Morgan fingerprint density at radius 1 is 0.385 bits per heavy atom. The van der Waals surface area contributed by atoms with E-state index < -0.39 is 0 Å². The average molecular weight is 1440 g/mol. The number of allylic oxidation sites excluding steroid dienone is 1. The number of oxazole rings is 1. The third kappa shape index (κ3) is 20.1. The molecule has 16 nitrogen and oxygen atoms in total. The zero-order valence-electron chi connectivity index (χ0n) is 68.4. The molecule has 13 rings (SSSR count). The van der Waals surface area contributed by atoms with E-state index in [0.717, 1.165) is 106 Å². The molecule has 3 aliphatic rings. The molecular formula is C87H123N11O5S. The summed E-state index contributed by atoms with van der Waals surface area (Å²) in [6.45, 7) is 62.1. The van der Waals surface area contributed by atoms with Gasteiger partial charge in [-0.05, 0) is 106 Å². The van der Waals surface area contributed by atoms with Gasteiger partial charge in [-0.15, -0.1) is 21.5 Å². The van der Waals surface area contributed by atoms with Crippen LogP contribution < -0.4 is 14.2 Å². The number of pyridine rings is 6. The summed E-state index contributed by atoms with van der Waals surface area (Å²) in [5, 5.41) is 9.36. The van der Waals surface area contributed by atoms with E-state index in [9.17, 15) is 0 Å². The fourth-order valence-electron chi connectivity index (χ4n) is 13.0. The van der Waals surface area contributed by atoms with Crippen molar-refractivity contribution >= 4 is 49.7 Å². The zero-order valence-corrected chi connectivity index (χ0v) is 69.2. The highest BCUT2D eigenvalue weighted by Gasteiger charge is 2.27. The Bertz CT molecular complexity index is 3920. The van der Waals surface area contributed by atoms with Gasteiger partial charge in [0.05, 0.1) is 70.8 Å². The maximum absolute atomic E-state index is 5.74. The fourth-order valence-corrected chi connectivity index (χ4v) is 13.9. The number of ether oxygens (including phenoxy) is 3. The summed E-state index contributed by atoms with van der Waals surface area (Å²) in [4.78, 5) is 40.4. The van der Waals surface area contributed by atoms with Gasteiger partial charge in [0.2, 0.25) is 5.88 Å². The van der Waals surface area contributed by atoms with Gasteiger partial charge in [-0.2, -0.15) is 4.98 Å². The minimum atomic E-state index is 0.276. The lowest BCUT2D eigenvalue weighted by molar-refractivity contribution is 0.350. The van der Waals surface area contributed by atoms with E-state index in [2.05, 4.69) is 240 Å². The first-order chi connectivity index (χ1) is 49.2. The first-order valence-corrected chi connectivity index (χ1v) is 39.1. The highest BCUT2D eigenvalue weighted by molar-refractivity contribution is 7.17. The number of hydrogen-bond acceptors (Lipinski definition) is 17. The van der Waals surface area contributed by atoms with Crippen molar-refractivity contribution in [2.75, 3.05) is 20.3 Å². The predicted octanol–water partition coefficient (Wildman–Crippen LogP) is 24.0. The summed E-state index contributed by atoms with van der Waals surface area (Å²) in [6, 6.07) is 2.02. The Balaban J connectivity index is 0.000000170. The van der Waals surface area contributed by atoms with Crippen LogP contribution in [-0.4, -0.2) is 75.4 Å². The number of methoxy groups -OCH3 is 1. The van der Waals surface area contributed by atoms with Crippen LogP contribution in [0.4, 0.5) is 0 Å². The van der Waals surface area contributed by atoms with Gasteiger partial charge in [0.25, 0.3) is 0 Å². The molecule has 104 heavy (non-hydrogen) atoms. The van der Waals surface area contributed by atoms with E-state index >= 15 is 0 Å². The van der Waals surface area contributed by atoms with Gasteiger partial charge < -0.3 is 23.0 Å². The molecule has 2 aliphatic heterocycles. The molecule has 0 saturated heterocycles. The van der Waals surface area contributed by atoms with Crippen LogP contribution in [0.1, 0.15) is 378 Å². The second-order valence-corrected chi connectivity index (χ2v) is 32.7. The molecule has 0 N–H and O–H groups in total. The molecule has 562 valence electrons. The minimum Gasteiger partial charge on any atom is -0.493 e. The van der Waals surface area contributed by atoms with Crippen LogP contribution in [0.5, 0.6) is 17.4 Å². The van der Waals surface area contributed by atoms with Crippen LogP contribution in [-0.2, 0) is 19.3 Å². The van der Waals surface area contributed by atoms with Gasteiger partial charge in [-0.1, -0.05) is 206 Å². The lowest BCUT2D eigenvalue weighted by Crippen LogP contribution is -2.07. The standard InChI is InChI=1S/C14H19N.C13H19NO.C13H17NO.C13H19NO.C12H16N2O.C12H16N2S.C10H17N3O/c1-9(2)13-8-15-14(10(3)4)12-7-5-6-11(12)13;2*1-8(2)11-7-14-12(9(3)4)10-5-6-15-13(10)11;1-8(2)11-7-14-12(9(3)4)13-10(11)5-6-15-13;2*1-7(2)9-5-13-10(8(3)4)12-11(9)14-6-15-12;1-6(2)8-10(14-5)11-9(7(3)4)13-12-8/h5,7-10H,6H2,1-4H3;7-9H,5-6H2,1-4H3;5-9H,1-4H3;7-9H,5-6H2,1-4H3;2*5-8H,1-4H3;6-7H,1-5H3. The van der Waals surface area contributed by atoms with Crippen molar-refractivity contribution in [3.63, 3.8) is 0 Å². The second-order valence-electron chi connectivity index (χ2n) is 31.9. The van der Waals surface area contributed by atoms with Gasteiger partial charge in [0.1, 0.15) is 28.3 Å². The Kier molecular flexibility index (Phi) is 30.2. The molecule has 0 saturated carbocycles. The number of furan rings is 1. The second kappa shape index (κ2) is 37.8. The molecule has 17 heteroatoms. The molecular weight excluding hydrogens is 1310 g/mol. The van der Waals surface area contributed by atoms with Crippen LogP contribution in [0.2, 0.25) is 0 Å². The van der Waals surface area contributed by atoms with Crippen molar-refractivity contribution < 1.29 is 23.0 Å². The number of aromatic nitrogens is 11. The van der Waals surface area contributed by atoms with Crippen molar-refractivity contribution in [1.29, 1.82) is 0 Å². The Hall–Kier alpha value is -8.05. The molecule has 1 aliphatic carbocycles. The lowest BCUT2D eigenvalue weighted by Gasteiger charge is -2.16. The summed E-state index contributed by atoms with van der Waals surface area (Å²) >= 11 is 1.70. The molecule has 12 heterocycles. The molecule has 0 spiro atoms. The Labute approximate surface area is 626 Å². The molecule has 0 aromatic carbocycles.